The quantitative estimate of drug-likeness (QED) is 0.868. The van der Waals surface area contributed by atoms with Gasteiger partial charge in [-0.05, 0) is 42.5 Å². The summed E-state index contributed by atoms with van der Waals surface area (Å²) in [5, 5.41) is 3.23. The van der Waals surface area contributed by atoms with Gasteiger partial charge in [0.15, 0.2) is 0 Å². The second-order valence-electron chi connectivity index (χ2n) is 7.59. The number of likely N-dealkylation sites (N-methyl/N-ethyl adjacent to an activating group) is 1. The fourth-order valence-corrected chi connectivity index (χ4v) is 4.16. The van der Waals surface area contributed by atoms with E-state index in [1.54, 1.807) is 0 Å². The van der Waals surface area contributed by atoms with E-state index in [9.17, 15) is 4.79 Å². The molecule has 28 heavy (non-hydrogen) atoms. The minimum Gasteiger partial charge on any atom is -0.366 e. The van der Waals surface area contributed by atoms with E-state index in [0.29, 0.717) is 13.2 Å². The summed E-state index contributed by atoms with van der Waals surface area (Å²) in [5.74, 6) is 0.0730. The molecule has 0 aliphatic carbocycles. The molecule has 5 nitrogen and oxygen atoms in total. The van der Waals surface area contributed by atoms with E-state index < -0.39 is 0 Å². The summed E-state index contributed by atoms with van der Waals surface area (Å²) in [7, 11) is 1.88. The number of fused-ring (bicyclic) bond motifs is 2. The Balaban J connectivity index is 1.45. The number of hydrogen-bond acceptors (Lipinski definition) is 4. The molecular weight excluding hydrogens is 350 g/mol. The first kappa shape index (κ1) is 19.0. The van der Waals surface area contributed by atoms with Crippen LogP contribution in [0.15, 0.2) is 48.5 Å². The number of benzene rings is 2. The summed E-state index contributed by atoms with van der Waals surface area (Å²) < 4.78 is 5.60. The van der Waals surface area contributed by atoms with Crippen LogP contribution < -0.4 is 10.2 Å². The summed E-state index contributed by atoms with van der Waals surface area (Å²) in [4.78, 5) is 16.8. The normalized spacial score (nSPS) is 18.8. The van der Waals surface area contributed by atoms with Gasteiger partial charge in [-0.1, -0.05) is 36.4 Å². The molecule has 2 heterocycles. The van der Waals surface area contributed by atoms with Crippen molar-refractivity contribution in [2.24, 2.45) is 0 Å². The van der Waals surface area contributed by atoms with Crippen molar-refractivity contribution in [1.82, 2.24) is 10.2 Å². The molecule has 0 saturated carbocycles. The van der Waals surface area contributed by atoms with E-state index in [1.165, 1.54) is 22.5 Å². The molecule has 2 aromatic carbocycles. The fourth-order valence-electron chi connectivity index (χ4n) is 4.16. The van der Waals surface area contributed by atoms with E-state index in [4.69, 9.17) is 4.74 Å². The standard InChI is InChI=1S/C23H29N3O2/c1-25(23(27)22-17-24-13-16-28-22)14-6-15-26-20-9-4-2-7-18(20)11-12-19-8-3-5-10-21(19)26/h2-5,7-10,22,24H,6,11-17H2,1H3/t22-/m1/s1. The zero-order chi connectivity index (χ0) is 19.3. The molecule has 0 spiro atoms. The number of morpholine rings is 1. The Labute approximate surface area is 167 Å². The van der Waals surface area contributed by atoms with Gasteiger partial charge in [0, 0.05) is 44.6 Å². The topological polar surface area (TPSA) is 44.8 Å². The molecule has 0 radical (unpaired) electrons. The van der Waals surface area contributed by atoms with Crippen LogP contribution in [0, 0.1) is 0 Å². The Morgan fingerprint density at radius 1 is 1.11 bits per heavy atom. The third kappa shape index (κ3) is 4.05. The molecule has 1 atom stereocenters. The second kappa shape index (κ2) is 8.76. The van der Waals surface area contributed by atoms with Gasteiger partial charge in [-0.15, -0.1) is 0 Å². The van der Waals surface area contributed by atoms with Gasteiger partial charge < -0.3 is 19.9 Å². The summed E-state index contributed by atoms with van der Waals surface area (Å²) >= 11 is 0. The monoisotopic (exact) mass is 379 g/mol. The van der Waals surface area contributed by atoms with Crippen LogP contribution in [0.25, 0.3) is 0 Å². The van der Waals surface area contributed by atoms with Crippen molar-refractivity contribution in [3.05, 3.63) is 59.7 Å². The Bertz CT molecular complexity index is 769. The lowest BCUT2D eigenvalue weighted by Crippen LogP contribution is -2.48. The zero-order valence-corrected chi connectivity index (χ0v) is 16.6. The largest absolute Gasteiger partial charge is 0.366 e. The molecule has 2 aliphatic rings. The number of nitrogens with one attached hydrogen (secondary N) is 1. The maximum Gasteiger partial charge on any atom is 0.252 e. The average Bonchev–Trinajstić information content (AvgIpc) is 2.91. The van der Waals surface area contributed by atoms with Crippen LogP contribution in [0.1, 0.15) is 17.5 Å². The van der Waals surface area contributed by atoms with E-state index in [0.717, 1.165) is 38.9 Å². The number of carbonyl (C=O) groups is 1. The fraction of sp³-hybridized carbons (Fsp3) is 0.435. The van der Waals surface area contributed by atoms with Crippen LogP contribution in [0.4, 0.5) is 11.4 Å². The number of para-hydroxylation sites is 2. The van der Waals surface area contributed by atoms with Crippen molar-refractivity contribution in [2.75, 3.05) is 44.7 Å². The van der Waals surface area contributed by atoms with Crippen LogP contribution in [0.3, 0.4) is 0 Å². The minimum atomic E-state index is -0.349. The molecule has 0 aromatic heterocycles. The van der Waals surface area contributed by atoms with E-state index in [-0.39, 0.29) is 12.0 Å². The first-order valence-electron chi connectivity index (χ1n) is 10.2. The molecule has 2 aliphatic heterocycles. The van der Waals surface area contributed by atoms with Crippen LogP contribution in [0.2, 0.25) is 0 Å². The number of anilines is 2. The first-order chi connectivity index (χ1) is 13.7. The van der Waals surface area contributed by atoms with Crippen molar-refractivity contribution < 1.29 is 9.53 Å². The number of aryl methyl sites for hydroxylation is 2. The van der Waals surface area contributed by atoms with Crippen LogP contribution in [-0.4, -0.2) is 56.7 Å². The van der Waals surface area contributed by atoms with Gasteiger partial charge in [-0.3, -0.25) is 4.79 Å². The molecule has 148 valence electrons. The van der Waals surface area contributed by atoms with Crippen molar-refractivity contribution >= 4 is 17.3 Å². The Hall–Kier alpha value is -2.37. The van der Waals surface area contributed by atoms with Gasteiger partial charge in [-0.2, -0.15) is 0 Å². The number of amides is 1. The van der Waals surface area contributed by atoms with Crippen LogP contribution in [-0.2, 0) is 22.4 Å². The van der Waals surface area contributed by atoms with Gasteiger partial charge in [-0.25, -0.2) is 0 Å². The highest BCUT2D eigenvalue weighted by molar-refractivity contribution is 5.81. The lowest BCUT2D eigenvalue weighted by molar-refractivity contribution is -0.143. The number of nitrogens with zero attached hydrogens (tertiary/aromatic N) is 2. The van der Waals surface area contributed by atoms with E-state index >= 15 is 0 Å². The summed E-state index contributed by atoms with van der Waals surface area (Å²) in [5.41, 5.74) is 5.37. The minimum absolute atomic E-state index is 0.0730. The smallest absolute Gasteiger partial charge is 0.252 e. The zero-order valence-electron chi connectivity index (χ0n) is 16.6. The van der Waals surface area contributed by atoms with Gasteiger partial charge >= 0.3 is 0 Å². The highest BCUT2D eigenvalue weighted by Crippen LogP contribution is 2.35. The predicted molar refractivity (Wildman–Crippen MR) is 112 cm³/mol. The molecule has 0 unspecified atom stereocenters. The molecule has 0 bridgehead atoms. The number of ether oxygens (including phenoxy) is 1. The summed E-state index contributed by atoms with van der Waals surface area (Å²) in [6.07, 6.45) is 2.69. The van der Waals surface area contributed by atoms with Crippen molar-refractivity contribution in [3.63, 3.8) is 0 Å². The lowest BCUT2D eigenvalue weighted by atomic mass is 10.0. The maximum absolute atomic E-state index is 12.6. The third-order valence-corrected chi connectivity index (χ3v) is 5.68. The average molecular weight is 380 g/mol. The molecule has 5 heteroatoms. The third-order valence-electron chi connectivity index (χ3n) is 5.68. The second-order valence-corrected chi connectivity index (χ2v) is 7.59. The molecule has 1 fully saturated rings. The highest BCUT2D eigenvalue weighted by atomic mass is 16.5. The Morgan fingerprint density at radius 3 is 2.36 bits per heavy atom. The number of carbonyl (C=O) groups excluding carboxylic acids is 1. The molecule has 1 amide bonds. The SMILES string of the molecule is CN(CCCN1c2ccccc2CCc2ccccc21)C(=O)[C@H]1CNCCO1. The van der Waals surface area contributed by atoms with Crippen molar-refractivity contribution in [3.8, 4) is 0 Å². The van der Waals surface area contributed by atoms with Gasteiger partial charge in [0.2, 0.25) is 0 Å². The maximum atomic E-state index is 12.6. The van der Waals surface area contributed by atoms with Crippen molar-refractivity contribution in [1.29, 1.82) is 0 Å². The van der Waals surface area contributed by atoms with Gasteiger partial charge in [0.1, 0.15) is 6.10 Å². The highest BCUT2D eigenvalue weighted by Gasteiger charge is 2.25. The molecular formula is C23H29N3O2. The van der Waals surface area contributed by atoms with Crippen LogP contribution in [0.5, 0.6) is 0 Å². The summed E-state index contributed by atoms with van der Waals surface area (Å²) in [6, 6.07) is 17.4. The first-order valence-corrected chi connectivity index (χ1v) is 10.2. The number of hydrogen-bond donors (Lipinski definition) is 1. The summed E-state index contributed by atoms with van der Waals surface area (Å²) in [6.45, 7) is 3.64. The molecule has 1 N–H and O–H groups in total. The molecule has 2 aromatic rings. The Morgan fingerprint density at radius 2 is 1.75 bits per heavy atom. The molecule has 1 saturated heterocycles. The van der Waals surface area contributed by atoms with E-state index in [1.807, 2.05) is 11.9 Å². The lowest BCUT2D eigenvalue weighted by Gasteiger charge is -2.30. The number of rotatable bonds is 5. The van der Waals surface area contributed by atoms with E-state index in [2.05, 4.69) is 58.7 Å². The van der Waals surface area contributed by atoms with Gasteiger partial charge in [0.25, 0.3) is 5.91 Å². The molecule has 4 rings (SSSR count). The predicted octanol–water partition coefficient (Wildman–Crippen LogP) is 2.76. The Kier molecular flexibility index (Phi) is 5.93. The van der Waals surface area contributed by atoms with Crippen molar-refractivity contribution in [2.45, 2.75) is 25.4 Å². The van der Waals surface area contributed by atoms with Gasteiger partial charge in [0.05, 0.1) is 6.61 Å². The van der Waals surface area contributed by atoms with Crippen LogP contribution >= 0.6 is 0 Å².